The number of hydrogen-bond donors (Lipinski definition) is 1. The lowest BCUT2D eigenvalue weighted by Crippen LogP contribution is -2.23. The van der Waals surface area contributed by atoms with Crippen LogP contribution in [0.25, 0.3) is 6.08 Å². The van der Waals surface area contributed by atoms with E-state index in [2.05, 4.69) is 11.2 Å². The van der Waals surface area contributed by atoms with E-state index >= 15 is 0 Å². The van der Waals surface area contributed by atoms with Gasteiger partial charge in [0.2, 0.25) is 0 Å². The van der Waals surface area contributed by atoms with Gasteiger partial charge in [0.1, 0.15) is 18.2 Å². The molecule has 0 saturated carbocycles. The van der Waals surface area contributed by atoms with Crippen LogP contribution >= 0.6 is 23.2 Å². The molecule has 6 heteroatoms. The van der Waals surface area contributed by atoms with Crippen LogP contribution in [0.2, 0.25) is 10.0 Å². The molecule has 1 N–H and O–H groups in total. The summed E-state index contributed by atoms with van der Waals surface area (Å²) in [6.07, 6.45) is 6.55. The number of nitrogens with one attached hydrogen (secondary N) is 1. The molecule has 2 aromatic carbocycles. The van der Waals surface area contributed by atoms with Gasteiger partial charge in [0, 0.05) is 6.54 Å². The van der Waals surface area contributed by atoms with Crippen molar-refractivity contribution in [1.82, 2.24) is 5.32 Å². The fourth-order valence-corrected chi connectivity index (χ4v) is 2.72. The van der Waals surface area contributed by atoms with Crippen LogP contribution in [0.5, 0.6) is 5.75 Å². The first-order chi connectivity index (χ1) is 12.5. The molecule has 2 rings (SSSR count). The number of carbonyl (C=O) groups is 1. The molecule has 0 spiro atoms. The smallest absolute Gasteiger partial charge is 0.262 e. The number of terminal acetylenes is 1. The molecule has 0 saturated heterocycles. The number of rotatable bonds is 6. The van der Waals surface area contributed by atoms with Crippen molar-refractivity contribution in [3.05, 3.63) is 69.2 Å². The van der Waals surface area contributed by atoms with Gasteiger partial charge in [-0.2, -0.15) is 5.26 Å². The molecule has 0 unspecified atom stereocenters. The number of ether oxygens (including phenoxy) is 1. The molecule has 0 heterocycles. The summed E-state index contributed by atoms with van der Waals surface area (Å²) in [5.41, 5.74) is 1.36. The summed E-state index contributed by atoms with van der Waals surface area (Å²) in [5.74, 6) is 2.09. The number of nitrogens with zero attached hydrogens (tertiary/aromatic N) is 1. The van der Waals surface area contributed by atoms with Gasteiger partial charge in [-0.15, -0.1) is 6.42 Å². The minimum Gasteiger partial charge on any atom is -0.478 e. The summed E-state index contributed by atoms with van der Waals surface area (Å²) >= 11 is 12.3. The highest BCUT2D eigenvalue weighted by Crippen LogP contribution is 2.34. The standard InChI is InChI=1S/C20H14Cl2N2O2/c1-2-8-26-19-17(21)10-15(11-18(19)22)9-16(12-23)20(25)24-13-14-6-4-3-5-7-14/h1,3-7,9-11H,8,13H2,(H,24,25)/b16-9-. The third kappa shape index (κ3) is 5.29. The zero-order valence-electron chi connectivity index (χ0n) is 13.6. The normalized spacial score (nSPS) is 10.5. The average Bonchev–Trinajstić information content (AvgIpc) is 2.64. The highest BCUT2D eigenvalue weighted by molar-refractivity contribution is 6.37. The maximum atomic E-state index is 12.2. The van der Waals surface area contributed by atoms with Crippen LogP contribution < -0.4 is 10.1 Å². The molecule has 0 aliphatic rings. The van der Waals surface area contributed by atoms with Crippen LogP contribution in [0.3, 0.4) is 0 Å². The van der Waals surface area contributed by atoms with Gasteiger partial charge < -0.3 is 10.1 Å². The molecular weight excluding hydrogens is 371 g/mol. The number of carbonyl (C=O) groups excluding carboxylic acids is 1. The summed E-state index contributed by atoms with van der Waals surface area (Å²) in [6, 6.07) is 14.4. The maximum absolute atomic E-state index is 12.2. The van der Waals surface area contributed by atoms with E-state index in [-0.39, 0.29) is 28.0 Å². The summed E-state index contributed by atoms with van der Waals surface area (Å²) in [7, 11) is 0. The molecule has 2 aromatic rings. The Morgan fingerprint density at radius 3 is 2.46 bits per heavy atom. The number of amides is 1. The van der Waals surface area contributed by atoms with Gasteiger partial charge in [0.15, 0.2) is 5.75 Å². The number of benzene rings is 2. The number of halogens is 2. The van der Waals surface area contributed by atoms with Crippen molar-refractivity contribution in [2.75, 3.05) is 6.61 Å². The first kappa shape index (κ1) is 19.4. The van der Waals surface area contributed by atoms with E-state index in [1.165, 1.54) is 6.08 Å². The highest BCUT2D eigenvalue weighted by Gasteiger charge is 2.12. The molecule has 0 radical (unpaired) electrons. The van der Waals surface area contributed by atoms with Crippen molar-refractivity contribution in [3.63, 3.8) is 0 Å². The fraction of sp³-hybridized carbons (Fsp3) is 0.100. The van der Waals surface area contributed by atoms with E-state index in [4.69, 9.17) is 34.4 Å². The van der Waals surface area contributed by atoms with Crippen LogP contribution in [0, 0.1) is 23.7 Å². The molecule has 0 bridgehead atoms. The second kappa shape index (κ2) is 9.53. The zero-order chi connectivity index (χ0) is 18.9. The second-order valence-corrected chi connectivity index (χ2v) is 5.96. The van der Waals surface area contributed by atoms with Crippen LogP contribution in [0.4, 0.5) is 0 Å². The quantitative estimate of drug-likeness (QED) is 0.460. The van der Waals surface area contributed by atoms with E-state index in [9.17, 15) is 10.1 Å². The Morgan fingerprint density at radius 1 is 1.23 bits per heavy atom. The Balaban J connectivity index is 2.16. The van der Waals surface area contributed by atoms with Crippen LogP contribution in [-0.4, -0.2) is 12.5 Å². The Hall–Kier alpha value is -2.92. The lowest BCUT2D eigenvalue weighted by molar-refractivity contribution is -0.117. The van der Waals surface area contributed by atoms with Crippen LogP contribution in [-0.2, 0) is 11.3 Å². The number of hydrogen-bond acceptors (Lipinski definition) is 3. The van der Waals surface area contributed by atoms with Crippen molar-refractivity contribution in [2.24, 2.45) is 0 Å². The largest absolute Gasteiger partial charge is 0.478 e. The Bertz CT molecular complexity index is 887. The fourth-order valence-electron chi connectivity index (χ4n) is 2.10. The van der Waals surface area contributed by atoms with E-state index < -0.39 is 5.91 Å². The van der Waals surface area contributed by atoms with Gasteiger partial charge >= 0.3 is 0 Å². The van der Waals surface area contributed by atoms with Crippen LogP contribution in [0.15, 0.2) is 48.0 Å². The minimum absolute atomic E-state index is 0.0277. The first-order valence-corrected chi connectivity index (χ1v) is 8.30. The average molecular weight is 385 g/mol. The van der Waals surface area contributed by atoms with Crippen molar-refractivity contribution in [2.45, 2.75) is 6.54 Å². The Morgan fingerprint density at radius 2 is 1.88 bits per heavy atom. The monoisotopic (exact) mass is 384 g/mol. The molecule has 0 atom stereocenters. The van der Waals surface area contributed by atoms with E-state index in [1.54, 1.807) is 12.1 Å². The molecule has 1 amide bonds. The van der Waals surface area contributed by atoms with Gasteiger partial charge in [-0.3, -0.25) is 4.79 Å². The molecular formula is C20H14Cl2N2O2. The summed E-state index contributed by atoms with van der Waals surface area (Å²) < 4.78 is 5.27. The molecule has 0 aliphatic carbocycles. The van der Waals surface area contributed by atoms with Crippen molar-refractivity contribution < 1.29 is 9.53 Å². The lowest BCUT2D eigenvalue weighted by atomic mass is 10.1. The summed E-state index contributed by atoms with van der Waals surface area (Å²) in [5, 5.41) is 12.4. The molecule has 4 nitrogen and oxygen atoms in total. The SMILES string of the molecule is C#CCOc1c(Cl)cc(/C=C(/C#N)C(=O)NCc2ccccc2)cc1Cl. The van der Waals surface area contributed by atoms with Crippen LogP contribution in [0.1, 0.15) is 11.1 Å². The van der Waals surface area contributed by atoms with Crippen molar-refractivity contribution in [3.8, 4) is 24.2 Å². The van der Waals surface area contributed by atoms with Crippen molar-refractivity contribution >= 4 is 35.2 Å². The van der Waals surface area contributed by atoms with Gasteiger partial charge in [-0.25, -0.2) is 0 Å². The Kier molecular flexibility index (Phi) is 7.12. The predicted octanol–water partition coefficient (Wildman–Crippen LogP) is 4.23. The third-order valence-electron chi connectivity index (χ3n) is 3.29. The molecule has 0 aliphatic heterocycles. The molecule has 130 valence electrons. The van der Waals surface area contributed by atoms with Gasteiger partial charge in [0.05, 0.1) is 10.0 Å². The highest BCUT2D eigenvalue weighted by atomic mass is 35.5. The topological polar surface area (TPSA) is 62.1 Å². The lowest BCUT2D eigenvalue weighted by Gasteiger charge is -2.09. The zero-order valence-corrected chi connectivity index (χ0v) is 15.1. The summed E-state index contributed by atoms with van der Waals surface area (Å²) in [6.45, 7) is 0.346. The molecule has 26 heavy (non-hydrogen) atoms. The molecule has 0 aromatic heterocycles. The maximum Gasteiger partial charge on any atom is 0.262 e. The van der Waals surface area contributed by atoms with Gasteiger partial charge in [0.25, 0.3) is 5.91 Å². The van der Waals surface area contributed by atoms with Gasteiger partial charge in [-0.05, 0) is 29.3 Å². The van der Waals surface area contributed by atoms with Gasteiger partial charge in [-0.1, -0.05) is 59.5 Å². The van der Waals surface area contributed by atoms with E-state index in [0.29, 0.717) is 12.1 Å². The molecule has 0 fully saturated rings. The predicted molar refractivity (Wildman–Crippen MR) is 103 cm³/mol. The second-order valence-electron chi connectivity index (χ2n) is 5.14. The number of nitriles is 1. The van der Waals surface area contributed by atoms with Crippen molar-refractivity contribution in [1.29, 1.82) is 5.26 Å². The third-order valence-corrected chi connectivity index (χ3v) is 3.85. The minimum atomic E-state index is -0.490. The first-order valence-electron chi connectivity index (χ1n) is 7.54. The summed E-state index contributed by atoms with van der Waals surface area (Å²) in [4.78, 5) is 12.2. The Labute approximate surface area is 162 Å². The van der Waals surface area contributed by atoms with E-state index in [1.807, 2.05) is 36.4 Å². The van der Waals surface area contributed by atoms with E-state index in [0.717, 1.165) is 5.56 Å².